The van der Waals surface area contributed by atoms with Crippen molar-refractivity contribution in [2.45, 2.75) is 19.3 Å². The van der Waals surface area contributed by atoms with Crippen LogP contribution in [0.15, 0.2) is 36.4 Å². The van der Waals surface area contributed by atoms with Gasteiger partial charge in [0.15, 0.2) is 6.61 Å². The summed E-state index contributed by atoms with van der Waals surface area (Å²) in [5.74, 6) is -1.09. The quantitative estimate of drug-likeness (QED) is 0.347. The van der Waals surface area contributed by atoms with E-state index in [1.807, 2.05) is 36.4 Å². The number of fused-ring (bicyclic) bond motifs is 1. The van der Waals surface area contributed by atoms with Crippen LogP contribution in [0.25, 0.3) is 0 Å². The van der Waals surface area contributed by atoms with E-state index in [9.17, 15) is 19.2 Å². The van der Waals surface area contributed by atoms with Gasteiger partial charge < -0.3 is 19.3 Å². The Kier molecular flexibility index (Phi) is 6.96. The summed E-state index contributed by atoms with van der Waals surface area (Å²) in [4.78, 5) is 54.5. The molecule has 4 rings (SSSR count). The summed E-state index contributed by atoms with van der Waals surface area (Å²) in [7, 11) is 1.63. The fourth-order valence-corrected chi connectivity index (χ4v) is 4.61. The van der Waals surface area contributed by atoms with E-state index in [2.05, 4.69) is 4.90 Å². The number of nitrogens with zero attached hydrogens (tertiary/aromatic N) is 3. The first-order valence-corrected chi connectivity index (χ1v) is 11.3. The fourth-order valence-electron chi connectivity index (χ4n) is 4.61. The summed E-state index contributed by atoms with van der Waals surface area (Å²) in [5.41, 5.74) is 1.07. The van der Waals surface area contributed by atoms with Crippen LogP contribution >= 0.6 is 0 Å². The zero-order valence-corrected chi connectivity index (χ0v) is 18.8. The largest absolute Gasteiger partial charge is 0.497 e. The van der Waals surface area contributed by atoms with Crippen molar-refractivity contribution in [1.82, 2.24) is 9.80 Å². The number of anilines is 1. The summed E-state index contributed by atoms with van der Waals surface area (Å²) in [6.07, 6.45) is 4.87. The molecule has 0 unspecified atom stereocenters. The predicted molar refractivity (Wildman–Crippen MR) is 119 cm³/mol. The molecule has 3 amide bonds. The molecule has 0 saturated carbocycles. The summed E-state index contributed by atoms with van der Waals surface area (Å²) < 4.78 is 10.3. The minimum atomic E-state index is -0.589. The molecule has 9 heteroatoms. The Morgan fingerprint density at radius 3 is 2.12 bits per heavy atom. The lowest BCUT2D eigenvalue weighted by atomic mass is 9.85. The number of carbonyl (C=O) groups is 4. The van der Waals surface area contributed by atoms with Gasteiger partial charge in [-0.15, -0.1) is 0 Å². The Morgan fingerprint density at radius 2 is 1.55 bits per heavy atom. The van der Waals surface area contributed by atoms with E-state index in [0.29, 0.717) is 39.0 Å². The molecule has 0 N–H and O–H groups in total. The fraction of sp³-hybridized carbons (Fsp3) is 0.500. The number of benzene rings is 1. The second-order valence-electron chi connectivity index (χ2n) is 8.46. The molecular weight excluding hydrogens is 426 g/mol. The van der Waals surface area contributed by atoms with Gasteiger partial charge in [0.1, 0.15) is 5.75 Å². The normalized spacial score (nSPS) is 22.4. The lowest BCUT2D eigenvalue weighted by molar-refractivity contribution is -0.153. The molecule has 2 heterocycles. The van der Waals surface area contributed by atoms with Crippen molar-refractivity contribution in [3.8, 4) is 5.75 Å². The van der Waals surface area contributed by atoms with E-state index in [-0.39, 0.29) is 49.1 Å². The average molecular weight is 456 g/mol. The number of esters is 1. The van der Waals surface area contributed by atoms with E-state index in [1.165, 1.54) is 4.90 Å². The van der Waals surface area contributed by atoms with Crippen molar-refractivity contribution in [2.24, 2.45) is 11.8 Å². The molecule has 3 aliphatic rings. The number of hydrogen-bond acceptors (Lipinski definition) is 7. The van der Waals surface area contributed by atoms with Gasteiger partial charge >= 0.3 is 5.97 Å². The van der Waals surface area contributed by atoms with E-state index in [4.69, 9.17) is 9.47 Å². The number of methoxy groups -OCH3 is 1. The van der Waals surface area contributed by atoms with Crippen molar-refractivity contribution in [1.29, 1.82) is 0 Å². The minimum Gasteiger partial charge on any atom is -0.497 e. The molecule has 2 fully saturated rings. The molecule has 1 aromatic rings. The van der Waals surface area contributed by atoms with Crippen LogP contribution in [-0.2, 0) is 23.9 Å². The molecule has 0 spiro atoms. The van der Waals surface area contributed by atoms with Crippen LogP contribution in [0.2, 0.25) is 0 Å². The van der Waals surface area contributed by atoms with E-state index >= 15 is 0 Å². The van der Waals surface area contributed by atoms with Gasteiger partial charge in [0.05, 0.1) is 25.4 Å². The summed E-state index contributed by atoms with van der Waals surface area (Å²) >= 11 is 0. The number of carbonyl (C=O) groups excluding carboxylic acids is 4. The predicted octanol–water partition coefficient (Wildman–Crippen LogP) is 1.23. The maximum atomic E-state index is 12.5. The maximum Gasteiger partial charge on any atom is 0.308 e. The van der Waals surface area contributed by atoms with Gasteiger partial charge in [-0.25, -0.2) is 0 Å². The highest BCUT2D eigenvalue weighted by Gasteiger charge is 2.47. The topological polar surface area (TPSA) is 96.5 Å². The van der Waals surface area contributed by atoms with Gasteiger partial charge in [-0.3, -0.25) is 24.1 Å². The Hall–Kier alpha value is -3.36. The number of imide groups is 1. The molecule has 0 bridgehead atoms. The smallest absolute Gasteiger partial charge is 0.308 e. The highest BCUT2D eigenvalue weighted by Crippen LogP contribution is 2.35. The van der Waals surface area contributed by atoms with Crippen LogP contribution in [0, 0.1) is 11.8 Å². The first kappa shape index (κ1) is 22.8. The van der Waals surface area contributed by atoms with Crippen LogP contribution in [0.1, 0.15) is 19.3 Å². The van der Waals surface area contributed by atoms with E-state index < -0.39 is 5.97 Å². The van der Waals surface area contributed by atoms with Crippen LogP contribution in [0.5, 0.6) is 5.75 Å². The zero-order valence-electron chi connectivity index (χ0n) is 18.8. The molecule has 1 aliphatic carbocycles. The SMILES string of the molecule is COc1ccc(N2CCN(C(=O)COC(=O)CCN3C(=O)[C@@H]4CC=CC[C@H]4C3=O)CC2)cc1. The first-order chi connectivity index (χ1) is 16.0. The Morgan fingerprint density at radius 1 is 0.939 bits per heavy atom. The Bertz CT molecular complexity index is 910. The van der Waals surface area contributed by atoms with Crippen molar-refractivity contribution in [3.63, 3.8) is 0 Å². The third-order valence-corrected chi connectivity index (χ3v) is 6.56. The molecule has 1 aromatic carbocycles. The monoisotopic (exact) mass is 455 g/mol. The van der Waals surface area contributed by atoms with Gasteiger partial charge in [0.2, 0.25) is 11.8 Å². The number of allylic oxidation sites excluding steroid dienone is 2. The third kappa shape index (κ3) is 5.02. The highest BCUT2D eigenvalue weighted by atomic mass is 16.5. The standard InChI is InChI=1S/C24H29N3O6/c1-32-18-8-6-17(7-9-18)25-12-14-26(15-13-25)21(28)16-33-22(29)10-11-27-23(30)19-4-2-3-5-20(19)24(27)31/h2-3,6-9,19-20H,4-5,10-16H2,1H3/t19-,20-/m1/s1. The van der Waals surface area contributed by atoms with Crippen molar-refractivity contribution >= 4 is 29.4 Å². The molecule has 9 nitrogen and oxygen atoms in total. The maximum absolute atomic E-state index is 12.5. The van der Waals surface area contributed by atoms with Gasteiger partial charge in [-0.1, -0.05) is 12.2 Å². The molecule has 2 atom stereocenters. The highest BCUT2D eigenvalue weighted by molar-refractivity contribution is 6.05. The van der Waals surface area contributed by atoms with Crippen molar-refractivity contribution in [2.75, 3.05) is 51.3 Å². The van der Waals surface area contributed by atoms with Crippen LogP contribution in [0.4, 0.5) is 5.69 Å². The number of rotatable bonds is 7. The zero-order chi connectivity index (χ0) is 23.4. The second kappa shape index (κ2) is 10.1. The van der Waals surface area contributed by atoms with Gasteiger partial charge in [-0.05, 0) is 37.1 Å². The molecule has 0 aromatic heterocycles. The molecule has 0 radical (unpaired) electrons. The minimum absolute atomic E-state index is 0.00176. The van der Waals surface area contributed by atoms with Crippen LogP contribution in [-0.4, -0.2) is 79.9 Å². The van der Waals surface area contributed by atoms with E-state index in [1.54, 1.807) is 12.0 Å². The second-order valence-corrected chi connectivity index (χ2v) is 8.46. The first-order valence-electron chi connectivity index (χ1n) is 11.3. The number of amides is 3. The molecule has 2 aliphatic heterocycles. The number of piperazine rings is 1. The lowest BCUT2D eigenvalue weighted by Crippen LogP contribution is -2.50. The average Bonchev–Trinajstić information content (AvgIpc) is 3.11. The Balaban J connectivity index is 1.17. The number of ether oxygens (including phenoxy) is 2. The summed E-state index contributed by atoms with van der Waals surface area (Å²) in [6.45, 7) is 2.10. The number of likely N-dealkylation sites (tertiary alicyclic amines) is 1. The van der Waals surface area contributed by atoms with Gasteiger partial charge in [-0.2, -0.15) is 0 Å². The van der Waals surface area contributed by atoms with Crippen LogP contribution in [0.3, 0.4) is 0 Å². The number of hydrogen-bond donors (Lipinski definition) is 0. The van der Waals surface area contributed by atoms with Gasteiger partial charge in [0.25, 0.3) is 5.91 Å². The molecular formula is C24H29N3O6. The molecule has 2 saturated heterocycles. The van der Waals surface area contributed by atoms with Crippen LogP contribution < -0.4 is 9.64 Å². The van der Waals surface area contributed by atoms with Gasteiger partial charge in [0, 0.05) is 38.4 Å². The summed E-state index contributed by atoms with van der Waals surface area (Å²) in [5, 5.41) is 0. The lowest BCUT2D eigenvalue weighted by Gasteiger charge is -2.36. The molecule has 176 valence electrons. The van der Waals surface area contributed by atoms with Crippen molar-refractivity contribution < 1.29 is 28.7 Å². The third-order valence-electron chi connectivity index (χ3n) is 6.56. The van der Waals surface area contributed by atoms with Crippen molar-refractivity contribution in [3.05, 3.63) is 36.4 Å². The molecule has 33 heavy (non-hydrogen) atoms. The van der Waals surface area contributed by atoms with E-state index in [0.717, 1.165) is 11.4 Å². The summed E-state index contributed by atoms with van der Waals surface area (Å²) in [6, 6.07) is 7.78. The Labute approximate surface area is 192 Å².